The Morgan fingerprint density at radius 1 is 1.08 bits per heavy atom. The number of nitrogens with two attached hydrogens (primary N) is 1. The number of quaternary nitrogens is 1. The average Bonchev–Trinajstić information content (AvgIpc) is 3.88. The number of likely N-dealkylation sites (tertiary alicyclic amines) is 1. The highest BCUT2D eigenvalue weighted by atomic mass is 19.4. The molecule has 4 aromatic rings. The Morgan fingerprint density at radius 2 is 1.86 bits per heavy atom. The van der Waals surface area contributed by atoms with Gasteiger partial charge in [-0.2, -0.15) is 13.2 Å². The number of alkyl halides is 3. The highest BCUT2D eigenvalue weighted by Gasteiger charge is 2.49. The van der Waals surface area contributed by atoms with Gasteiger partial charge in [-0.3, -0.25) is 14.5 Å². The average molecular weight is 994 g/mol. The van der Waals surface area contributed by atoms with Crippen LogP contribution in [-0.2, 0) is 59.0 Å². The smallest absolute Gasteiger partial charge is 0.416 e. The molecule has 71 heavy (non-hydrogen) atoms. The largest absolute Gasteiger partial charge is 0.479 e. The lowest BCUT2D eigenvalue weighted by Gasteiger charge is -2.44. The zero-order valence-electron chi connectivity index (χ0n) is 39.0. The number of aromatic nitrogens is 4. The first-order valence-electron chi connectivity index (χ1n) is 23.1. The number of rotatable bonds is 18. The standard InChI is InChI=1S/C46H55F3N12O10/c1-25-4-3-11-61(19-25,20-26-5-6-33(30(12-26)41(65)53-8-7-50)70-44-39(64)37(62)38(63)40(71-44)43(67)68)21-27-13-29-31(32(14-27)46(47,48)49)18-60(42(29)66)35-16-28(15-34(56-35)52-9-10-54-58-51)45(22-69-23-45)17-36-57-55-24-59(36)2/h5-6,12-16,24-25,37-40,44,62-64H,3-4,7-11,17-23,50H2,1-2H3,(H2-,52,53,56,65,67,68)/p+1/t25-,37-,38-,39+,40-,44+,61?/m0/s1. The number of carboxylic acids is 1. The predicted molar refractivity (Wildman–Crippen MR) is 244 cm³/mol. The Bertz CT molecular complexity index is 2700. The van der Waals surface area contributed by atoms with Gasteiger partial charge < -0.3 is 60.1 Å². The molecule has 8 rings (SSSR count). The highest BCUT2D eigenvalue weighted by molar-refractivity contribution is 6.10. The topological polar surface area (TPSA) is 306 Å². The first-order chi connectivity index (χ1) is 33.8. The number of fused-ring (bicyclic) bond motifs is 1. The van der Waals surface area contributed by atoms with E-state index in [0.29, 0.717) is 55.5 Å². The van der Waals surface area contributed by atoms with Gasteiger partial charge in [0.05, 0.1) is 44.0 Å². The number of aliphatic carboxylic acids is 1. The Morgan fingerprint density at radius 3 is 2.52 bits per heavy atom. The number of hydrogen-bond donors (Lipinski definition) is 7. The molecule has 0 radical (unpaired) electrons. The summed E-state index contributed by atoms with van der Waals surface area (Å²) in [6.45, 7) is 4.02. The van der Waals surface area contributed by atoms with Crippen LogP contribution in [0.5, 0.6) is 5.75 Å². The van der Waals surface area contributed by atoms with Crippen molar-refractivity contribution in [1.29, 1.82) is 0 Å². The molecule has 4 aliphatic rings. The third-order valence-electron chi connectivity index (χ3n) is 13.6. The molecule has 0 aliphatic carbocycles. The fourth-order valence-electron chi connectivity index (χ4n) is 10.1. The van der Waals surface area contributed by atoms with Gasteiger partial charge in [-0.05, 0) is 72.0 Å². The third-order valence-corrected chi connectivity index (χ3v) is 13.6. The SMILES string of the molecule is C[C@H]1CCC[N+](Cc2ccc(O[C@@H]3O[C@H](C(=O)O)[C@@H](O)[C@H](O)[C@H]3O)c(C(=O)NCCN)c2)(Cc2cc3c(c(C(F)(F)F)c2)CN(c2cc(C4(Cc5nncn5C)COC4)cc(NCCN=[N+]=[N-])n2)C3=O)C1. The van der Waals surface area contributed by atoms with E-state index in [9.17, 15) is 34.8 Å². The molecule has 0 spiro atoms. The Labute approximate surface area is 404 Å². The van der Waals surface area contributed by atoms with Crippen LogP contribution in [0.15, 0.2) is 53.9 Å². The van der Waals surface area contributed by atoms with Gasteiger partial charge in [0.15, 0.2) is 6.10 Å². The number of nitrogens with one attached hydrogen (secondary N) is 2. The minimum atomic E-state index is -4.85. The number of ether oxygens (including phenoxy) is 3. The van der Waals surface area contributed by atoms with E-state index >= 15 is 13.2 Å². The molecule has 0 saturated carbocycles. The first-order valence-corrected chi connectivity index (χ1v) is 23.1. The lowest BCUT2D eigenvalue weighted by molar-refractivity contribution is -0.960. The van der Waals surface area contributed by atoms with Crippen molar-refractivity contribution in [3.05, 3.63) is 104 Å². The minimum Gasteiger partial charge on any atom is -0.479 e. The summed E-state index contributed by atoms with van der Waals surface area (Å²) in [7, 11) is 1.81. The molecule has 25 heteroatoms. The number of amides is 2. The molecule has 3 fully saturated rings. The number of aryl methyl sites for hydroxylation is 1. The van der Waals surface area contributed by atoms with Gasteiger partial charge in [0, 0.05) is 72.6 Å². The molecule has 1 unspecified atom stereocenters. The van der Waals surface area contributed by atoms with Gasteiger partial charge in [0.1, 0.15) is 60.9 Å². The maximum absolute atomic E-state index is 15.3. The van der Waals surface area contributed by atoms with Gasteiger partial charge in [0.2, 0.25) is 6.29 Å². The minimum absolute atomic E-state index is 0.0581. The molecule has 380 valence electrons. The number of halogens is 3. The fourth-order valence-corrected chi connectivity index (χ4v) is 10.1. The molecule has 2 aromatic carbocycles. The van der Waals surface area contributed by atoms with E-state index in [1.807, 2.05) is 7.05 Å². The summed E-state index contributed by atoms with van der Waals surface area (Å²) in [5.41, 5.74) is 14.1. The Hall–Kier alpha value is -6.44. The third kappa shape index (κ3) is 10.8. The van der Waals surface area contributed by atoms with Crippen LogP contribution in [-0.4, -0.2) is 146 Å². The van der Waals surface area contributed by atoms with Crippen LogP contribution in [0.25, 0.3) is 10.4 Å². The van der Waals surface area contributed by atoms with Gasteiger partial charge in [-0.15, -0.1) is 10.2 Å². The number of anilines is 2. The van der Waals surface area contributed by atoms with Gasteiger partial charge in [-0.25, -0.2) is 9.78 Å². The van der Waals surface area contributed by atoms with Gasteiger partial charge in [-0.1, -0.05) is 12.0 Å². The first kappa shape index (κ1) is 50.9. The zero-order chi connectivity index (χ0) is 50.8. The van der Waals surface area contributed by atoms with Crippen molar-refractivity contribution in [2.45, 2.75) is 88.1 Å². The second-order valence-corrected chi connectivity index (χ2v) is 18.9. The van der Waals surface area contributed by atoms with E-state index < -0.39 is 72.2 Å². The Balaban J connectivity index is 1.12. The number of piperidine rings is 1. The van der Waals surface area contributed by atoms with Crippen LogP contribution >= 0.6 is 0 Å². The lowest BCUT2D eigenvalue weighted by atomic mass is 9.75. The molecule has 6 heterocycles. The summed E-state index contributed by atoms with van der Waals surface area (Å²) in [5, 5.41) is 58.5. The van der Waals surface area contributed by atoms with E-state index in [1.165, 1.54) is 23.1 Å². The molecular weight excluding hydrogens is 938 g/mol. The number of carbonyl (C=O) groups excluding carboxylic acids is 2. The second-order valence-electron chi connectivity index (χ2n) is 18.9. The molecule has 4 aliphatic heterocycles. The highest BCUT2D eigenvalue weighted by Crippen LogP contribution is 2.43. The summed E-state index contributed by atoms with van der Waals surface area (Å²) in [5.74, 6) is -1.87. The molecule has 2 amide bonds. The van der Waals surface area contributed by atoms with Crippen molar-refractivity contribution in [2.75, 3.05) is 62.7 Å². The summed E-state index contributed by atoms with van der Waals surface area (Å²) in [4.78, 5) is 48.8. The van der Waals surface area contributed by atoms with Gasteiger partial charge >= 0.3 is 12.1 Å². The maximum atomic E-state index is 15.3. The summed E-state index contributed by atoms with van der Waals surface area (Å²) < 4.78 is 64.8. The molecular formula is C46H56F3N12O10+. The maximum Gasteiger partial charge on any atom is 0.416 e. The number of aliphatic hydroxyl groups excluding tert-OH is 3. The van der Waals surface area contributed by atoms with Gasteiger partial charge in [0.25, 0.3) is 11.8 Å². The van der Waals surface area contributed by atoms with Crippen molar-refractivity contribution in [3.63, 3.8) is 0 Å². The quantitative estimate of drug-likeness (QED) is 0.0248. The monoisotopic (exact) mass is 993 g/mol. The van der Waals surface area contributed by atoms with Crippen molar-refractivity contribution < 1.29 is 66.7 Å². The lowest BCUT2D eigenvalue weighted by Crippen LogP contribution is -2.61. The number of benzene rings is 2. The number of pyridine rings is 1. The van der Waals surface area contributed by atoms with Crippen LogP contribution in [0.1, 0.15) is 74.1 Å². The van der Waals surface area contributed by atoms with Crippen molar-refractivity contribution in [3.8, 4) is 5.75 Å². The van der Waals surface area contributed by atoms with Crippen LogP contribution in [0.2, 0.25) is 0 Å². The summed E-state index contributed by atoms with van der Waals surface area (Å²) in [6.07, 6.45) is -10.9. The molecule has 2 aromatic heterocycles. The number of nitrogens with zero attached hydrogens (tertiary/aromatic N) is 9. The molecule has 3 saturated heterocycles. The number of hydrogen-bond acceptors (Lipinski definition) is 15. The van der Waals surface area contributed by atoms with E-state index in [2.05, 4.69) is 37.8 Å². The van der Waals surface area contributed by atoms with Crippen LogP contribution in [0.3, 0.4) is 0 Å². The fraction of sp³-hybridized carbons (Fsp3) is 0.522. The molecule has 8 N–H and O–H groups in total. The van der Waals surface area contributed by atoms with E-state index in [4.69, 9.17) is 30.5 Å². The number of azide groups is 1. The van der Waals surface area contributed by atoms with E-state index in [0.717, 1.165) is 18.9 Å². The summed E-state index contributed by atoms with van der Waals surface area (Å²) in [6, 6.07) is 10.7. The van der Waals surface area contributed by atoms with Crippen LogP contribution in [0, 0.1) is 5.92 Å². The van der Waals surface area contributed by atoms with Crippen LogP contribution < -0.4 is 26.0 Å². The van der Waals surface area contributed by atoms with E-state index in [-0.39, 0.29) is 83.5 Å². The number of carbonyl (C=O) groups is 3. The number of aliphatic hydroxyl groups is 3. The summed E-state index contributed by atoms with van der Waals surface area (Å²) >= 11 is 0. The van der Waals surface area contributed by atoms with Crippen molar-refractivity contribution >= 4 is 29.4 Å². The molecule has 0 bridgehead atoms. The predicted octanol–water partition coefficient (Wildman–Crippen LogP) is 2.53. The normalized spacial score (nSPS) is 24.9. The van der Waals surface area contributed by atoms with Crippen molar-refractivity contribution in [2.24, 2.45) is 23.8 Å². The Kier molecular flexibility index (Phi) is 14.9. The molecule has 22 nitrogen and oxygen atoms in total. The van der Waals surface area contributed by atoms with Crippen molar-refractivity contribution in [1.82, 2.24) is 25.1 Å². The van der Waals surface area contributed by atoms with E-state index in [1.54, 1.807) is 29.1 Å². The van der Waals surface area contributed by atoms with Crippen LogP contribution in [0.4, 0.5) is 24.8 Å². The molecule has 7 atom stereocenters. The number of carboxylic acid groups (broad SMARTS) is 1. The second kappa shape index (κ2) is 20.7. The zero-order valence-corrected chi connectivity index (χ0v) is 39.0.